The lowest BCUT2D eigenvalue weighted by molar-refractivity contribution is -0.116. The lowest BCUT2D eigenvalue weighted by Gasteiger charge is -2.23. The van der Waals surface area contributed by atoms with Gasteiger partial charge in [-0.05, 0) is 12.8 Å². The average Bonchev–Trinajstić information content (AvgIpc) is 3.09. The van der Waals surface area contributed by atoms with E-state index in [1.54, 1.807) is 11.7 Å². The number of nitrogens with zero attached hydrogens (tertiary/aromatic N) is 3. The minimum Gasteiger partial charge on any atom is -0.477 e. The van der Waals surface area contributed by atoms with Gasteiger partial charge >= 0.3 is 5.97 Å². The molecule has 0 radical (unpaired) electrons. The van der Waals surface area contributed by atoms with Crippen LogP contribution in [0, 0.1) is 0 Å². The number of amides is 1. The average molecular weight is 301 g/mol. The van der Waals surface area contributed by atoms with E-state index in [0.29, 0.717) is 17.3 Å². The third-order valence-electron chi connectivity index (χ3n) is 4.33. The minimum absolute atomic E-state index is 0.0382. The molecule has 1 saturated carbocycles. The van der Waals surface area contributed by atoms with Crippen molar-refractivity contribution < 1.29 is 14.7 Å². The Morgan fingerprint density at radius 2 is 2.23 bits per heavy atom. The highest BCUT2D eigenvalue weighted by Crippen LogP contribution is 2.48. The second-order valence-corrected chi connectivity index (χ2v) is 5.86. The highest BCUT2D eigenvalue weighted by Gasteiger charge is 2.39. The Hall–Kier alpha value is -2.64. The van der Waals surface area contributed by atoms with Crippen LogP contribution in [0.25, 0.3) is 0 Å². The standard InChI is InChI=1S/C14H15N5O3/c1-19-13-10(11(18-19)6-2-3-6)7(4-9(20)16-13)8-5-15-17-12(8)14(21)22/h5-7H,2-4H2,1H3,(H,15,17)(H,16,20)(H,21,22)/t7-/m1/s1. The van der Waals surface area contributed by atoms with Gasteiger partial charge in [0.05, 0.1) is 11.9 Å². The van der Waals surface area contributed by atoms with Gasteiger partial charge in [0.15, 0.2) is 0 Å². The molecule has 0 unspecified atom stereocenters. The Morgan fingerprint density at radius 1 is 1.45 bits per heavy atom. The Balaban J connectivity index is 1.90. The summed E-state index contributed by atoms with van der Waals surface area (Å²) in [7, 11) is 1.79. The molecule has 3 heterocycles. The summed E-state index contributed by atoms with van der Waals surface area (Å²) < 4.78 is 1.67. The van der Waals surface area contributed by atoms with Gasteiger partial charge in [-0.25, -0.2) is 4.79 Å². The van der Waals surface area contributed by atoms with Crippen LogP contribution in [0.5, 0.6) is 0 Å². The molecule has 8 nitrogen and oxygen atoms in total. The van der Waals surface area contributed by atoms with Gasteiger partial charge in [0.1, 0.15) is 11.5 Å². The van der Waals surface area contributed by atoms with E-state index in [4.69, 9.17) is 0 Å². The number of carboxylic acids is 1. The summed E-state index contributed by atoms with van der Waals surface area (Å²) in [6.45, 7) is 0. The molecule has 8 heteroatoms. The summed E-state index contributed by atoms with van der Waals surface area (Å²) in [4.78, 5) is 23.4. The number of carboxylic acid groups (broad SMARTS) is 1. The largest absolute Gasteiger partial charge is 0.477 e. The van der Waals surface area contributed by atoms with Crippen LogP contribution >= 0.6 is 0 Å². The molecule has 1 amide bonds. The number of carbonyl (C=O) groups is 2. The lowest BCUT2D eigenvalue weighted by Crippen LogP contribution is -2.25. The van der Waals surface area contributed by atoms with E-state index in [0.717, 1.165) is 24.1 Å². The van der Waals surface area contributed by atoms with Gasteiger partial charge in [-0.15, -0.1) is 0 Å². The molecule has 0 bridgehead atoms. The maximum Gasteiger partial charge on any atom is 0.354 e. The van der Waals surface area contributed by atoms with Crippen molar-refractivity contribution in [2.45, 2.75) is 31.1 Å². The number of fused-ring (bicyclic) bond motifs is 1. The summed E-state index contributed by atoms with van der Waals surface area (Å²) in [6, 6.07) is 0. The molecule has 3 N–H and O–H groups in total. The molecule has 0 aromatic carbocycles. The molecule has 2 aliphatic rings. The first-order valence-electron chi connectivity index (χ1n) is 7.19. The molecule has 2 aromatic heterocycles. The normalized spacial score (nSPS) is 20.6. The smallest absolute Gasteiger partial charge is 0.354 e. The van der Waals surface area contributed by atoms with E-state index in [1.807, 2.05) is 0 Å². The minimum atomic E-state index is -1.07. The number of anilines is 1. The third-order valence-corrected chi connectivity index (χ3v) is 4.33. The highest BCUT2D eigenvalue weighted by molar-refractivity contribution is 5.96. The topological polar surface area (TPSA) is 113 Å². The molecular formula is C14H15N5O3. The van der Waals surface area contributed by atoms with E-state index < -0.39 is 5.97 Å². The fourth-order valence-electron chi connectivity index (χ4n) is 3.18. The van der Waals surface area contributed by atoms with Crippen molar-refractivity contribution in [2.75, 3.05) is 5.32 Å². The number of aromatic amines is 1. The van der Waals surface area contributed by atoms with Crippen molar-refractivity contribution >= 4 is 17.7 Å². The van der Waals surface area contributed by atoms with Crippen molar-refractivity contribution in [1.82, 2.24) is 20.0 Å². The van der Waals surface area contributed by atoms with Crippen LogP contribution in [0.15, 0.2) is 6.20 Å². The van der Waals surface area contributed by atoms with E-state index in [1.165, 1.54) is 6.20 Å². The second kappa shape index (κ2) is 4.43. The molecule has 4 rings (SSSR count). The van der Waals surface area contributed by atoms with Crippen LogP contribution < -0.4 is 5.32 Å². The fourth-order valence-corrected chi connectivity index (χ4v) is 3.18. The summed E-state index contributed by atoms with van der Waals surface area (Å²) in [5.74, 6) is -0.455. The Bertz CT molecular complexity index is 786. The van der Waals surface area contributed by atoms with Crippen LogP contribution in [0.1, 0.15) is 58.4 Å². The number of aromatic carboxylic acids is 1. The summed E-state index contributed by atoms with van der Waals surface area (Å²) in [6.07, 6.45) is 3.88. The number of aryl methyl sites for hydroxylation is 1. The van der Waals surface area contributed by atoms with E-state index in [2.05, 4.69) is 20.6 Å². The van der Waals surface area contributed by atoms with Crippen molar-refractivity contribution in [3.05, 3.63) is 28.7 Å². The van der Waals surface area contributed by atoms with Crippen molar-refractivity contribution in [2.24, 2.45) is 7.05 Å². The van der Waals surface area contributed by atoms with Crippen molar-refractivity contribution in [3.63, 3.8) is 0 Å². The number of rotatable bonds is 3. The molecule has 22 heavy (non-hydrogen) atoms. The predicted molar refractivity (Wildman–Crippen MR) is 75.8 cm³/mol. The van der Waals surface area contributed by atoms with Crippen LogP contribution in [-0.4, -0.2) is 37.0 Å². The first-order valence-corrected chi connectivity index (χ1v) is 7.19. The van der Waals surface area contributed by atoms with Gasteiger partial charge in [-0.1, -0.05) is 0 Å². The first-order chi connectivity index (χ1) is 10.6. The Kier molecular flexibility index (Phi) is 2.63. The number of hydrogen-bond donors (Lipinski definition) is 3. The number of nitrogens with one attached hydrogen (secondary N) is 2. The predicted octanol–water partition coefficient (Wildman–Crippen LogP) is 1.19. The van der Waals surface area contributed by atoms with Crippen LogP contribution in [0.3, 0.4) is 0 Å². The van der Waals surface area contributed by atoms with Gasteiger partial charge < -0.3 is 10.4 Å². The van der Waals surface area contributed by atoms with E-state index in [-0.39, 0.29) is 23.9 Å². The molecule has 1 atom stereocenters. The molecule has 1 aliphatic heterocycles. The first kappa shape index (κ1) is 13.1. The van der Waals surface area contributed by atoms with Crippen LogP contribution in [0.4, 0.5) is 5.82 Å². The van der Waals surface area contributed by atoms with Gasteiger partial charge in [0.25, 0.3) is 0 Å². The molecule has 1 aliphatic carbocycles. The summed E-state index contributed by atoms with van der Waals surface area (Å²) >= 11 is 0. The van der Waals surface area contributed by atoms with Crippen molar-refractivity contribution in [1.29, 1.82) is 0 Å². The van der Waals surface area contributed by atoms with Gasteiger partial charge in [0, 0.05) is 36.4 Å². The number of hydrogen-bond acceptors (Lipinski definition) is 4. The highest BCUT2D eigenvalue weighted by atomic mass is 16.4. The van der Waals surface area contributed by atoms with Gasteiger partial charge in [-0.2, -0.15) is 10.2 Å². The summed E-state index contributed by atoms with van der Waals surface area (Å²) in [5.41, 5.74) is 2.49. The van der Waals surface area contributed by atoms with Crippen molar-refractivity contribution in [3.8, 4) is 0 Å². The molecule has 2 aromatic rings. The lowest BCUT2D eigenvalue weighted by atomic mass is 9.85. The van der Waals surface area contributed by atoms with Crippen LogP contribution in [-0.2, 0) is 11.8 Å². The van der Waals surface area contributed by atoms with Gasteiger partial charge in [0.2, 0.25) is 5.91 Å². The molecule has 0 spiro atoms. The maximum absolute atomic E-state index is 12.0. The van der Waals surface area contributed by atoms with Crippen LogP contribution in [0.2, 0.25) is 0 Å². The Morgan fingerprint density at radius 3 is 2.91 bits per heavy atom. The number of H-pyrrole nitrogens is 1. The molecular weight excluding hydrogens is 286 g/mol. The SMILES string of the molecule is Cn1nc(C2CC2)c2c1NC(=O)C[C@@H]2c1cn[nH]c1C(=O)O. The fraction of sp³-hybridized carbons (Fsp3) is 0.429. The maximum atomic E-state index is 12.0. The number of carbonyl (C=O) groups excluding carboxylic acids is 1. The van der Waals surface area contributed by atoms with E-state index in [9.17, 15) is 14.7 Å². The third kappa shape index (κ3) is 1.83. The monoisotopic (exact) mass is 301 g/mol. The quantitative estimate of drug-likeness (QED) is 0.788. The Labute approximate surface area is 125 Å². The molecule has 0 saturated heterocycles. The van der Waals surface area contributed by atoms with Gasteiger partial charge in [-0.3, -0.25) is 14.6 Å². The second-order valence-electron chi connectivity index (χ2n) is 5.86. The van der Waals surface area contributed by atoms with E-state index >= 15 is 0 Å². The molecule has 1 fully saturated rings. The number of aromatic nitrogens is 4. The molecule has 114 valence electrons. The summed E-state index contributed by atoms with van der Waals surface area (Å²) in [5, 5.41) is 23.1. The zero-order chi connectivity index (χ0) is 15.4. The zero-order valence-electron chi connectivity index (χ0n) is 12.0. The zero-order valence-corrected chi connectivity index (χ0v) is 12.0.